The van der Waals surface area contributed by atoms with Gasteiger partial charge < -0.3 is 5.32 Å². The topological polar surface area (TPSA) is 59.1 Å². The van der Waals surface area contributed by atoms with Crippen LogP contribution in [-0.4, -0.2) is 19.7 Å². The minimum absolute atomic E-state index is 0.314. The highest BCUT2D eigenvalue weighted by atomic mass is 32.2. The first kappa shape index (κ1) is 15.7. The van der Waals surface area contributed by atoms with Crippen molar-refractivity contribution in [3.05, 3.63) is 59.5 Å². The van der Waals surface area contributed by atoms with Crippen molar-refractivity contribution in [3.8, 4) is 11.3 Å². The normalized spacial score (nSPS) is 11.4. The Morgan fingerprint density at radius 1 is 1.09 bits per heavy atom. The maximum Gasteiger partial charge on any atom is 0.187 e. The van der Waals surface area contributed by atoms with Crippen LogP contribution < -0.4 is 5.32 Å². The second-order valence-corrected chi connectivity index (χ2v) is 8.20. The molecule has 3 rings (SSSR count). The summed E-state index contributed by atoms with van der Waals surface area (Å²) in [4.78, 5) is 4.87. The smallest absolute Gasteiger partial charge is 0.187 e. The summed E-state index contributed by atoms with van der Waals surface area (Å²) in [6.45, 7) is 2.04. The summed E-state index contributed by atoms with van der Waals surface area (Å²) >= 11 is 1.51. The summed E-state index contributed by atoms with van der Waals surface area (Å²) in [5, 5.41) is 6.04. The predicted octanol–water partition coefficient (Wildman–Crippen LogP) is 4.27. The molecule has 23 heavy (non-hydrogen) atoms. The Hall–Kier alpha value is -2.18. The zero-order valence-corrected chi connectivity index (χ0v) is 14.4. The largest absolute Gasteiger partial charge is 0.332 e. The van der Waals surface area contributed by atoms with Gasteiger partial charge in [0.15, 0.2) is 15.0 Å². The van der Waals surface area contributed by atoms with E-state index in [1.807, 2.05) is 30.5 Å². The van der Waals surface area contributed by atoms with Crippen LogP contribution in [0, 0.1) is 6.92 Å². The zero-order valence-electron chi connectivity index (χ0n) is 12.8. The van der Waals surface area contributed by atoms with Crippen LogP contribution in [-0.2, 0) is 9.84 Å². The molecule has 0 amide bonds. The van der Waals surface area contributed by atoms with Crippen LogP contribution in [0.5, 0.6) is 0 Å². The molecule has 0 aliphatic rings. The Labute approximate surface area is 139 Å². The van der Waals surface area contributed by atoms with E-state index >= 15 is 0 Å². The highest BCUT2D eigenvalue weighted by Crippen LogP contribution is 2.28. The van der Waals surface area contributed by atoms with E-state index in [9.17, 15) is 8.42 Å². The van der Waals surface area contributed by atoms with Gasteiger partial charge in [-0.1, -0.05) is 24.3 Å². The molecule has 118 valence electrons. The molecule has 1 aromatic heterocycles. The predicted molar refractivity (Wildman–Crippen MR) is 95.1 cm³/mol. The van der Waals surface area contributed by atoms with Crippen LogP contribution in [0.4, 0.5) is 10.8 Å². The van der Waals surface area contributed by atoms with E-state index in [4.69, 9.17) is 0 Å². The lowest BCUT2D eigenvalue weighted by molar-refractivity contribution is 0.602. The van der Waals surface area contributed by atoms with Crippen molar-refractivity contribution in [2.24, 2.45) is 0 Å². The Morgan fingerprint density at radius 2 is 1.83 bits per heavy atom. The number of benzene rings is 2. The summed E-state index contributed by atoms with van der Waals surface area (Å²) in [6.07, 6.45) is 1.20. The van der Waals surface area contributed by atoms with Gasteiger partial charge in [0.1, 0.15) is 0 Å². The Balaban J connectivity index is 1.81. The summed E-state index contributed by atoms with van der Waals surface area (Å²) in [5.74, 6) is 0. The molecule has 0 aliphatic carbocycles. The lowest BCUT2D eigenvalue weighted by Gasteiger charge is -2.03. The highest BCUT2D eigenvalue weighted by molar-refractivity contribution is 7.90. The van der Waals surface area contributed by atoms with E-state index in [0.29, 0.717) is 4.90 Å². The lowest BCUT2D eigenvalue weighted by Crippen LogP contribution is -1.96. The molecule has 0 unspecified atom stereocenters. The number of anilines is 2. The maximum atomic E-state index is 11.5. The van der Waals surface area contributed by atoms with Crippen molar-refractivity contribution in [1.29, 1.82) is 0 Å². The molecule has 0 saturated carbocycles. The number of thiazole rings is 1. The minimum Gasteiger partial charge on any atom is -0.332 e. The number of rotatable bonds is 4. The van der Waals surface area contributed by atoms with Crippen LogP contribution in [0.2, 0.25) is 0 Å². The Bertz CT molecular complexity index is 929. The van der Waals surface area contributed by atoms with Gasteiger partial charge in [-0.05, 0) is 36.8 Å². The van der Waals surface area contributed by atoms with Crippen LogP contribution in [0.1, 0.15) is 5.56 Å². The van der Waals surface area contributed by atoms with Crippen molar-refractivity contribution in [3.63, 3.8) is 0 Å². The average molecular weight is 344 g/mol. The van der Waals surface area contributed by atoms with Crippen LogP contribution in [0.3, 0.4) is 0 Å². The first-order valence-electron chi connectivity index (χ1n) is 7.01. The van der Waals surface area contributed by atoms with Gasteiger partial charge in [0, 0.05) is 22.9 Å². The van der Waals surface area contributed by atoms with Crippen molar-refractivity contribution in [1.82, 2.24) is 4.98 Å². The van der Waals surface area contributed by atoms with Crippen molar-refractivity contribution in [2.75, 3.05) is 11.6 Å². The number of aromatic nitrogens is 1. The summed E-state index contributed by atoms with van der Waals surface area (Å²) < 4.78 is 23.0. The standard InChI is InChI=1S/C17H16N2O2S2/c1-12-4-3-5-14(10-12)18-17-19-16(11-22-17)13-6-8-15(9-7-13)23(2,20)21/h3-11H,1-2H3,(H,18,19). The average Bonchev–Trinajstić information content (AvgIpc) is 2.95. The van der Waals surface area contributed by atoms with E-state index < -0.39 is 9.84 Å². The van der Waals surface area contributed by atoms with E-state index in [2.05, 4.69) is 16.4 Å². The molecule has 4 nitrogen and oxygen atoms in total. The zero-order chi connectivity index (χ0) is 16.4. The maximum absolute atomic E-state index is 11.5. The molecule has 0 spiro atoms. The van der Waals surface area contributed by atoms with Crippen molar-refractivity contribution < 1.29 is 8.42 Å². The monoisotopic (exact) mass is 344 g/mol. The molecule has 0 saturated heterocycles. The van der Waals surface area contributed by atoms with Gasteiger partial charge in [0.05, 0.1) is 10.6 Å². The number of nitrogens with one attached hydrogen (secondary N) is 1. The molecule has 1 heterocycles. The molecule has 3 aromatic rings. The van der Waals surface area contributed by atoms with Gasteiger partial charge in [0.2, 0.25) is 0 Å². The Morgan fingerprint density at radius 3 is 2.48 bits per heavy atom. The van der Waals surface area contributed by atoms with Crippen LogP contribution in [0.25, 0.3) is 11.3 Å². The SMILES string of the molecule is Cc1cccc(Nc2nc(-c3ccc(S(C)(=O)=O)cc3)cs2)c1. The number of aryl methyl sites for hydroxylation is 1. The fourth-order valence-electron chi connectivity index (χ4n) is 2.18. The van der Waals surface area contributed by atoms with Gasteiger partial charge >= 0.3 is 0 Å². The fourth-order valence-corrected chi connectivity index (χ4v) is 3.55. The molecular weight excluding hydrogens is 328 g/mol. The molecule has 0 fully saturated rings. The third kappa shape index (κ3) is 3.78. The second kappa shape index (κ2) is 6.14. The summed E-state index contributed by atoms with van der Waals surface area (Å²) in [5.41, 5.74) is 3.90. The third-order valence-electron chi connectivity index (χ3n) is 3.35. The first-order valence-corrected chi connectivity index (χ1v) is 9.79. The molecule has 0 bridgehead atoms. The van der Waals surface area contributed by atoms with Crippen molar-refractivity contribution in [2.45, 2.75) is 11.8 Å². The highest BCUT2D eigenvalue weighted by Gasteiger charge is 2.09. The van der Waals surface area contributed by atoms with E-state index in [-0.39, 0.29) is 0 Å². The molecule has 2 aromatic carbocycles. The number of nitrogens with zero attached hydrogens (tertiary/aromatic N) is 1. The van der Waals surface area contributed by atoms with Crippen LogP contribution in [0.15, 0.2) is 58.8 Å². The summed E-state index contributed by atoms with van der Waals surface area (Å²) in [7, 11) is -3.17. The third-order valence-corrected chi connectivity index (χ3v) is 5.24. The molecule has 1 N–H and O–H groups in total. The van der Waals surface area contributed by atoms with Crippen molar-refractivity contribution >= 4 is 32.0 Å². The van der Waals surface area contributed by atoms with Crippen LogP contribution >= 0.6 is 11.3 Å². The summed E-state index contributed by atoms with van der Waals surface area (Å²) in [6, 6.07) is 14.9. The molecule has 6 heteroatoms. The first-order chi connectivity index (χ1) is 10.9. The Kier molecular flexibility index (Phi) is 4.19. The van der Waals surface area contributed by atoms with Gasteiger partial charge in [0.25, 0.3) is 0 Å². The molecule has 0 radical (unpaired) electrons. The number of hydrogen-bond acceptors (Lipinski definition) is 5. The molecule has 0 atom stereocenters. The molecule has 0 aliphatic heterocycles. The number of hydrogen-bond donors (Lipinski definition) is 1. The van der Waals surface area contributed by atoms with Gasteiger partial charge in [-0.15, -0.1) is 11.3 Å². The van der Waals surface area contributed by atoms with E-state index in [0.717, 1.165) is 22.1 Å². The quantitative estimate of drug-likeness (QED) is 0.768. The number of sulfone groups is 1. The van der Waals surface area contributed by atoms with E-state index in [1.54, 1.807) is 24.3 Å². The van der Waals surface area contributed by atoms with Gasteiger partial charge in [-0.2, -0.15) is 0 Å². The van der Waals surface area contributed by atoms with Gasteiger partial charge in [-0.25, -0.2) is 13.4 Å². The van der Waals surface area contributed by atoms with E-state index in [1.165, 1.54) is 23.2 Å². The lowest BCUT2D eigenvalue weighted by atomic mass is 10.2. The minimum atomic E-state index is -3.17. The molecular formula is C17H16N2O2S2. The van der Waals surface area contributed by atoms with Gasteiger partial charge in [-0.3, -0.25) is 0 Å². The fraction of sp³-hybridized carbons (Fsp3) is 0.118. The second-order valence-electron chi connectivity index (χ2n) is 5.33.